The molecule has 0 radical (unpaired) electrons. The quantitative estimate of drug-likeness (QED) is 0.289. The van der Waals surface area contributed by atoms with Gasteiger partial charge in [0, 0.05) is 36.1 Å². The number of piperidine rings is 1. The summed E-state index contributed by atoms with van der Waals surface area (Å²) in [7, 11) is 0. The molecular formula is C28H30N6O2. The Bertz CT molecular complexity index is 1330. The van der Waals surface area contributed by atoms with Crippen LogP contribution in [0, 0.1) is 11.8 Å². The molecule has 0 N–H and O–H groups in total. The minimum absolute atomic E-state index is 0.253. The van der Waals surface area contributed by atoms with E-state index in [0.29, 0.717) is 0 Å². The van der Waals surface area contributed by atoms with Crippen LogP contribution in [0.2, 0.25) is 0 Å². The Labute approximate surface area is 210 Å². The molecule has 1 aliphatic rings. The lowest BCUT2D eigenvalue weighted by Crippen LogP contribution is -2.34. The molecule has 8 nitrogen and oxygen atoms in total. The van der Waals surface area contributed by atoms with Gasteiger partial charge in [-0.15, -0.1) is 4.91 Å². The summed E-state index contributed by atoms with van der Waals surface area (Å²) in [4.78, 5) is 28.2. The number of hydrogen-bond acceptors (Lipinski definition) is 8. The van der Waals surface area contributed by atoms with Crippen molar-refractivity contribution in [3.63, 3.8) is 0 Å². The number of nitrogens with zero attached hydrogens (tertiary/aromatic N) is 6. The summed E-state index contributed by atoms with van der Waals surface area (Å²) >= 11 is 0. The Morgan fingerprint density at radius 1 is 1.00 bits per heavy atom. The molecule has 3 heterocycles. The van der Waals surface area contributed by atoms with Gasteiger partial charge in [0.05, 0.1) is 5.69 Å². The summed E-state index contributed by atoms with van der Waals surface area (Å²) in [6, 6.07) is 16.9. The maximum Gasteiger partial charge on any atom is 0.229 e. The van der Waals surface area contributed by atoms with Crippen molar-refractivity contribution >= 4 is 5.82 Å². The highest BCUT2D eigenvalue weighted by Crippen LogP contribution is 2.37. The minimum atomic E-state index is -0.610. The number of anilines is 1. The van der Waals surface area contributed by atoms with Crippen molar-refractivity contribution in [2.24, 2.45) is 5.18 Å². The average Bonchev–Trinajstić information content (AvgIpc) is 3.42. The monoisotopic (exact) mass is 482 g/mol. The summed E-state index contributed by atoms with van der Waals surface area (Å²) in [6.07, 6.45) is 3.44. The highest BCUT2D eigenvalue weighted by Gasteiger charge is 2.28. The predicted molar refractivity (Wildman–Crippen MR) is 139 cm³/mol. The Morgan fingerprint density at radius 3 is 2.42 bits per heavy atom. The van der Waals surface area contributed by atoms with Gasteiger partial charge in [-0.25, -0.2) is 9.97 Å². The van der Waals surface area contributed by atoms with Crippen LogP contribution < -0.4 is 4.90 Å². The number of nitroso groups, excluding NO2 is 1. The van der Waals surface area contributed by atoms with E-state index in [2.05, 4.69) is 44.0 Å². The molecule has 1 saturated heterocycles. The van der Waals surface area contributed by atoms with Crippen molar-refractivity contribution in [3.8, 4) is 11.3 Å². The van der Waals surface area contributed by atoms with E-state index in [-0.39, 0.29) is 11.8 Å². The third-order valence-electron chi connectivity index (χ3n) is 6.91. The molecule has 2 aromatic carbocycles. The summed E-state index contributed by atoms with van der Waals surface area (Å²) in [5, 5.41) is 7.61. The summed E-state index contributed by atoms with van der Waals surface area (Å²) in [5.41, 5.74) is 4.40. The normalized spacial score (nSPS) is 15.3. The van der Waals surface area contributed by atoms with Crippen molar-refractivity contribution in [2.75, 3.05) is 18.0 Å². The lowest BCUT2D eigenvalue weighted by molar-refractivity contribution is 0.325. The topological polar surface area (TPSA) is 97.4 Å². The molecule has 36 heavy (non-hydrogen) atoms. The predicted octanol–water partition coefficient (Wildman–Crippen LogP) is 6.20. The van der Waals surface area contributed by atoms with Crippen LogP contribution in [0.25, 0.3) is 11.3 Å². The largest absolute Gasteiger partial charge is 0.356 e. The minimum Gasteiger partial charge on any atom is -0.356 e. The fourth-order valence-corrected chi connectivity index (χ4v) is 4.90. The molecule has 0 saturated carbocycles. The molecule has 1 atom stereocenters. The van der Waals surface area contributed by atoms with Gasteiger partial charge in [0.15, 0.2) is 5.82 Å². The van der Waals surface area contributed by atoms with Crippen molar-refractivity contribution in [1.29, 1.82) is 0 Å². The fourth-order valence-electron chi connectivity index (χ4n) is 4.90. The third kappa shape index (κ3) is 4.63. The van der Waals surface area contributed by atoms with Crippen LogP contribution in [0.1, 0.15) is 73.0 Å². The maximum atomic E-state index is 12.0. The summed E-state index contributed by atoms with van der Waals surface area (Å²) in [6.45, 7) is 7.86. The van der Waals surface area contributed by atoms with Crippen molar-refractivity contribution in [3.05, 3.63) is 94.2 Å². The van der Waals surface area contributed by atoms with Crippen LogP contribution >= 0.6 is 0 Å². The van der Waals surface area contributed by atoms with Crippen LogP contribution in [-0.2, 0) is 0 Å². The molecule has 0 aliphatic carbocycles. The molecule has 5 rings (SSSR count). The molecule has 0 amide bonds. The van der Waals surface area contributed by atoms with Gasteiger partial charge in [0.2, 0.25) is 5.89 Å². The van der Waals surface area contributed by atoms with E-state index in [4.69, 9.17) is 4.52 Å². The van der Waals surface area contributed by atoms with Gasteiger partial charge in [-0.2, -0.15) is 4.98 Å². The molecule has 1 fully saturated rings. The highest BCUT2D eigenvalue weighted by molar-refractivity contribution is 5.72. The first-order valence-electron chi connectivity index (χ1n) is 12.4. The van der Waals surface area contributed by atoms with Gasteiger partial charge < -0.3 is 9.42 Å². The molecular weight excluding hydrogens is 452 g/mol. The zero-order valence-corrected chi connectivity index (χ0v) is 20.8. The second-order valence-corrected chi connectivity index (χ2v) is 9.58. The number of rotatable bonds is 7. The van der Waals surface area contributed by atoms with E-state index in [9.17, 15) is 4.91 Å². The molecule has 4 aromatic rings. The molecule has 0 spiro atoms. The molecule has 1 aliphatic heterocycles. The zero-order chi connectivity index (χ0) is 25.1. The Morgan fingerprint density at radius 2 is 1.72 bits per heavy atom. The van der Waals surface area contributed by atoms with E-state index in [1.54, 1.807) is 6.33 Å². The van der Waals surface area contributed by atoms with Crippen molar-refractivity contribution in [1.82, 2.24) is 20.1 Å². The van der Waals surface area contributed by atoms with Gasteiger partial charge in [-0.05, 0) is 30.9 Å². The second-order valence-electron chi connectivity index (χ2n) is 9.58. The first-order valence-corrected chi connectivity index (χ1v) is 12.4. The SMILES string of the molecule is Cc1c(-c2ccccc2C(N=O)c2ccccc2)ncnc1N1CCC(c2nc(C(C)C)no2)CC1. The van der Waals surface area contributed by atoms with Crippen LogP contribution in [0.4, 0.5) is 5.82 Å². The number of benzene rings is 2. The van der Waals surface area contributed by atoms with E-state index in [0.717, 1.165) is 71.4 Å². The van der Waals surface area contributed by atoms with Crippen molar-refractivity contribution in [2.45, 2.75) is 51.5 Å². The van der Waals surface area contributed by atoms with E-state index >= 15 is 0 Å². The maximum absolute atomic E-state index is 12.0. The van der Waals surface area contributed by atoms with Crippen LogP contribution in [-0.4, -0.2) is 33.2 Å². The Kier molecular flexibility index (Phi) is 6.84. The highest BCUT2D eigenvalue weighted by atomic mass is 16.5. The first kappa shape index (κ1) is 23.8. The molecule has 184 valence electrons. The Balaban J connectivity index is 1.41. The lowest BCUT2D eigenvalue weighted by atomic mass is 9.92. The van der Waals surface area contributed by atoms with Gasteiger partial charge in [0.1, 0.15) is 18.2 Å². The van der Waals surface area contributed by atoms with E-state index in [1.165, 1.54) is 0 Å². The first-order chi connectivity index (χ1) is 17.6. The second kappa shape index (κ2) is 10.4. The number of hydrogen-bond donors (Lipinski definition) is 0. The number of aromatic nitrogens is 4. The molecule has 8 heteroatoms. The van der Waals surface area contributed by atoms with Crippen LogP contribution in [0.5, 0.6) is 0 Å². The molecule has 0 bridgehead atoms. The fraction of sp³-hybridized carbons (Fsp3) is 0.357. The lowest BCUT2D eigenvalue weighted by Gasteiger charge is -2.32. The third-order valence-corrected chi connectivity index (χ3v) is 6.91. The zero-order valence-electron chi connectivity index (χ0n) is 20.8. The summed E-state index contributed by atoms with van der Waals surface area (Å²) < 4.78 is 5.55. The van der Waals surface area contributed by atoms with Gasteiger partial charge >= 0.3 is 0 Å². The molecule has 1 unspecified atom stereocenters. The van der Waals surface area contributed by atoms with E-state index in [1.807, 2.05) is 61.5 Å². The standard InChI is InChI=1S/C28H30N6O2/c1-18(2)26-31-28(36-33-26)21-13-15-34(16-14-21)27-19(3)24(29-17-30-27)22-11-7-8-12-23(22)25(32-35)20-9-5-4-6-10-20/h4-12,17-18,21,25H,13-16H2,1-3H3. The van der Waals surface area contributed by atoms with Gasteiger partial charge in [-0.3, -0.25) is 0 Å². The average molecular weight is 483 g/mol. The van der Waals surface area contributed by atoms with Crippen molar-refractivity contribution < 1.29 is 4.52 Å². The van der Waals surface area contributed by atoms with Crippen LogP contribution in [0.3, 0.4) is 0 Å². The summed E-state index contributed by atoms with van der Waals surface area (Å²) in [5.74, 6) is 2.93. The Hall–Kier alpha value is -3.94. The van der Waals surface area contributed by atoms with Crippen LogP contribution in [0.15, 0.2) is 70.6 Å². The van der Waals surface area contributed by atoms with Gasteiger partial charge in [-0.1, -0.05) is 78.8 Å². The molecule has 2 aromatic heterocycles. The van der Waals surface area contributed by atoms with E-state index < -0.39 is 6.04 Å². The smallest absolute Gasteiger partial charge is 0.229 e. The van der Waals surface area contributed by atoms with Gasteiger partial charge in [0.25, 0.3) is 0 Å².